The molecule has 2 rings (SSSR count). The third kappa shape index (κ3) is 3.39. The topological polar surface area (TPSA) is 37.3 Å². The smallest absolute Gasteiger partial charge is 0.178 e. The van der Waals surface area contributed by atoms with Crippen LogP contribution in [0.1, 0.15) is 22.0 Å². The first-order valence-electron chi connectivity index (χ1n) is 5.76. The molecule has 0 amide bonds. The van der Waals surface area contributed by atoms with E-state index in [0.29, 0.717) is 11.1 Å². The van der Waals surface area contributed by atoms with Gasteiger partial charge in [0.1, 0.15) is 9.74 Å². The van der Waals surface area contributed by atoms with Crippen molar-refractivity contribution in [3.05, 3.63) is 71.5 Å². The minimum Gasteiger partial charge on any atom is -0.387 e. The van der Waals surface area contributed by atoms with E-state index in [9.17, 15) is 14.3 Å². The van der Waals surface area contributed by atoms with Crippen LogP contribution in [0.2, 0.25) is 0 Å². The SMILES string of the molecule is O=C(c1ccccc1)[C@@H](I)[C@@H](O)c1ccc(F)cc1. The van der Waals surface area contributed by atoms with Gasteiger partial charge in [-0.2, -0.15) is 0 Å². The van der Waals surface area contributed by atoms with Crippen LogP contribution >= 0.6 is 22.6 Å². The van der Waals surface area contributed by atoms with Gasteiger partial charge >= 0.3 is 0 Å². The van der Waals surface area contributed by atoms with Crippen molar-refractivity contribution in [2.24, 2.45) is 0 Å². The van der Waals surface area contributed by atoms with E-state index in [0.717, 1.165) is 0 Å². The normalized spacial score (nSPS) is 13.8. The lowest BCUT2D eigenvalue weighted by Gasteiger charge is -2.16. The number of aliphatic hydroxyl groups excluding tert-OH is 1. The molecule has 0 saturated heterocycles. The molecule has 2 atom stereocenters. The van der Waals surface area contributed by atoms with Gasteiger partial charge < -0.3 is 5.11 Å². The van der Waals surface area contributed by atoms with Gasteiger partial charge in [0.05, 0.1) is 6.10 Å². The standard InChI is InChI=1S/C15H12FIO2/c16-12-8-6-11(7-9-12)15(19)13(17)14(18)10-4-2-1-3-5-10/h1-9,13,15,19H/t13-,15+/m1/s1. The van der Waals surface area contributed by atoms with Crippen LogP contribution in [0.4, 0.5) is 4.39 Å². The average Bonchev–Trinajstić information content (AvgIpc) is 2.46. The average molecular weight is 370 g/mol. The number of halogens is 2. The second-order valence-electron chi connectivity index (χ2n) is 4.13. The van der Waals surface area contributed by atoms with Gasteiger partial charge in [-0.25, -0.2) is 4.39 Å². The van der Waals surface area contributed by atoms with E-state index in [4.69, 9.17) is 0 Å². The summed E-state index contributed by atoms with van der Waals surface area (Å²) in [6.45, 7) is 0. The van der Waals surface area contributed by atoms with Gasteiger partial charge in [0.25, 0.3) is 0 Å². The number of hydrogen-bond acceptors (Lipinski definition) is 2. The first-order valence-corrected chi connectivity index (χ1v) is 7.01. The summed E-state index contributed by atoms with van der Waals surface area (Å²) in [6, 6.07) is 14.3. The Labute approximate surface area is 124 Å². The molecule has 0 saturated carbocycles. The molecule has 0 radical (unpaired) electrons. The molecule has 0 fully saturated rings. The fraction of sp³-hybridized carbons (Fsp3) is 0.133. The number of ketones is 1. The fourth-order valence-electron chi connectivity index (χ4n) is 1.73. The van der Waals surface area contributed by atoms with Crippen molar-refractivity contribution in [2.75, 3.05) is 0 Å². The van der Waals surface area contributed by atoms with E-state index >= 15 is 0 Å². The summed E-state index contributed by atoms with van der Waals surface area (Å²) in [7, 11) is 0. The van der Waals surface area contributed by atoms with Crippen LogP contribution in [0.15, 0.2) is 54.6 Å². The Balaban J connectivity index is 2.17. The molecule has 98 valence electrons. The lowest BCUT2D eigenvalue weighted by atomic mass is 10.0. The molecule has 0 aromatic heterocycles. The summed E-state index contributed by atoms with van der Waals surface area (Å²) < 4.78 is 12.2. The molecule has 0 aliphatic carbocycles. The Morgan fingerprint density at radius 1 is 1.05 bits per heavy atom. The Bertz CT molecular complexity index is 554. The maximum Gasteiger partial charge on any atom is 0.178 e. The zero-order chi connectivity index (χ0) is 13.8. The number of carbonyl (C=O) groups excluding carboxylic acids is 1. The number of Topliss-reactive ketones (excluding diaryl/α,β-unsaturated/α-hetero) is 1. The molecule has 1 N–H and O–H groups in total. The number of carbonyl (C=O) groups is 1. The molecule has 2 aromatic rings. The van der Waals surface area contributed by atoms with Crippen LogP contribution in [-0.4, -0.2) is 14.8 Å². The van der Waals surface area contributed by atoms with E-state index in [1.807, 2.05) is 28.7 Å². The Kier molecular flexibility index (Phi) is 4.66. The number of benzene rings is 2. The summed E-state index contributed by atoms with van der Waals surface area (Å²) in [5, 5.41) is 10.2. The first-order chi connectivity index (χ1) is 9.09. The summed E-state index contributed by atoms with van der Waals surface area (Å²) >= 11 is 1.92. The molecule has 0 aliphatic heterocycles. The highest BCUT2D eigenvalue weighted by Crippen LogP contribution is 2.26. The number of hydrogen-bond donors (Lipinski definition) is 1. The molecule has 0 unspecified atom stereocenters. The Hall–Kier alpha value is -1.27. The highest BCUT2D eigenvalue weighted by molar-refractivity contribution is 14.1. The molecular formula is C15H12FIO2. The zero-order valence-electron chi connectivity index (χ0n) is 9.96. The third-order valence-corrected chi connectivity index (χ3v) is 4.04. The van der Waals surface area contributed by atoms with Crippen molar-refractivity contribution in [3.8, 4) is 0 Å². The van der Waals surface area contributed by atoms with Gasteiger partial charge in [-0.1, -0.05) is 65.1 Å². The molecule has 0 aliphatic rings. The molecule has 19 heavy (non-hydrogen) atoms. The zero-order valence-corrected chi connectivity index (χ0v) is 12.1. The monoisotopic (exact) mass is 370 g/mol. The Morgan fingerprint density at radius 2 is 1.63 bits per heavy atom. The minimum atomic E-state index is -0.950. The Morgan fingerprint density at radius 3 is 2.21 bits per heavy atom. The summed E-state index contributed by atoms with van der Waals surface area (Å²) in [5.74, 6) is -0.506. The maximum atomic E-state index is 12.8. The van der Waals surface area contributed by atoms with Crippen molar-refractivity contribution in [1.82, 2.24) is 0 Å². The largest absolute Gasteiger partial charge is 0.387 e. The predicted molar refractivity (Wildman–Crippen MR) is 79.9 cm³/mol. The molecule has 0 spiro atoms. The second kappa shape index (κ2) is 6.25. The van der Waals surface area contributed by atoms with Crippen molar-refractivity contribution in [3.63, 3.8) is 0 Å². The molecule has 2 aromatic carbocycles. The van der Waals surface area contributed by atoms with Gasteiger partial charge in [-0.05, 0) is 17.7 Å². The van der Waals surface area contributed by atoms with Crippen molar-refractivity contribution in [2.45, 2.75) is 10.0 Å². The van der Waals surface area contributed by atoms with Crippen LogP contribution in [0, 0.1) is 5.82 Å². The van der Waals surface area contributed by atoms with Crippen LogP contribution in [0.25, 0.3) is 0 Å². The highest BCUT2D eigenvalue weighted by atomic mass is 127. The van der Waals surface area contributed by atoms with Crippen LogP contribution in [0.5, 0.6) is 0 Å². The van der Waals surface area contributed by atoms with Gasteiger partial charge in [0.2, 0.25) is 0 Å². The number of rotatable bonds is 4. The van der Waals surface area contributed by atoms with E-state index < -0.39 is 10.0 Å². The van der Waals surface area contributed by atoms with E-state index in [1.165, 1.54) is 24.3 Å². The van der Waals surface area contributed by atoms with Gasteiger partial charge in [0, 0.05) is 5.56 Å². The summed E-state index contributed by atoms with van der Waals surface area (Å²) in [5.41, 5.74) is 1.09. The minimum absolute atomic E-state index is 0.141. The molecule has 2 nitrogen and oxygen atoms in total. The van der Waals surface area contributed by atoms with Crippen molar-refractivity contribution in [1.29, 1.82) is 0 Å². The summed E-state index contributed by atoms with van der Waals surface area (Å²) in [6.07, 6.45) is -0.950. The lowest BCUT2D eigenvalue weighted by Crippen LogP contribution is -2.22. The predicted octanol–water partition coefficient (Wildman–Crippen LogP) is 3.55. The first kappa shape index (κ1) is 14.1. The maximum absolute atomic E-state index is 12.8. The molecule has 0 heterocycles. The van der Waals surface area contributed by atoms with E-state index in [2.05, 4.69) is 0 Å². The van der Waals surface area contributed by atoms with Crippen LogP contribution < -0.4 is 0 Å². The molecular weight excluding hydrogens is 358 g/mol. The van der Waals surface area contributed by atoms with Crippen molar-refractivity contribution >= 4 is 28.4 Å². The second-order valence-corrected chi connectivity index (χ2v) is 5.47. The van der Waals surface area contributed by atoms with Crippen molar-refractivity contribution < 1.29 is 14.3 Å². The number of aliphatic hydroxyl groups is 1. The summed E-state index contributed by atoms with van der Waals surface area (Å²) in [4.78, 5) is 12.2. The van der Waals surface area contributed by atoms with E-state index in [1.54, 1.807) is 24.3 Å². The van der Waals surface area contributed by atoms with Crippen LogP contribution in [0.3, 0.4) is 0 Å². The number of alkyl halides is 1. The third-order valence-electron chi connectivity index (χ3n) is 2.80. The lowest BCUT2D eigenvalue weighted by molar-refractivity contribution is 0.0910. The quantitative estimate of drug-likeness (QED) is 0.508. The van der Waals surface area contributed by atoms with Gasteiger partial charge in [0.15, 0.2) is 5.78 Å². The molecule has 0 bridgehead atoms. The highest BCUT2D eigenvalue weighted by Gasteiger charge is 2.26. The van der Waals surface area contributed by atoms with E-state index in [-0.39, 0.29) is 11.6 Å². The van der Waals surface area contributed by atoms with Crippen LogP contribution in [-0.2, 0) is 0 Å². The fourth-order valence-corrected chi connectivity index (χ4v) is 2.51. The van der Waals surface area contributed by atoms with Gasteiger partial charge in [-0.3, -0.25) is 4.79 Å². The molecule has 4 heteroatoms. The van der Waals surface area contributed by atoms with Gasteiger partial charge in [-0.15, -0.1) is 0 Å².